The van der Waals surface area contributed by atoms with Crippen LogP contribution in [-0.2, 0) is 11.3 Å². The van der Waals surface area contributed by atoms with E-state index in [1.165, 1.54) is 7.11 Å². The van der Waals surface area contributed by atoms with E-state index in [-0.39, 0.29) is 11.5 Å². The first kappa shape index (κ1) is 19.7. The Kier molecular flexibility index (Phi) is 5.55. The van der Waals surface area contributed by atoms with E-state index in [0.29, 0.717) is 34.3 Å². The van der Waals surface area contributed by atoms with Gasteiger partial charge in [-0.25, -0.2) is 4.79 Å². The number of benzene rings is 3. The highest BCUT2D eigenvalue weighted by Crippen LogP contribution is 2.35. The van der Waals surface area contributed by atoms with Gasteiger partial charge in [-0.15, -0.1) is 0 Å². The molecule has 150 valence electrons. The molecule has 0 saturated heterocycles. The van der Waals surface area contributed by atoms with Crippen LogP contribution in [0.25, 0.3) is 6.08 Å². The standard InChI is InChI=1S/C24H17ClO5/c1-28-24(27)17-7-5-15(6-8-17)12-22-23(26)20-10-9-19(13-21(20)30-22)29-14-16-3-2-4-18(25)11-16/h2-13H,14H2,1H3. The summed E-state index contributed by atoms with van der Waals surface area (Å²) < 4.78 is 16.2. The monoisotopic (exact) mass is 420 g/mol. The van der Waals surface area contributed by atoms with Gasteiger partial charge in [0.25, 0.3) is 0 Å². The summed E-state index contributed by atoms with van der Waals surface area (Å²) in [7, 11) is 1.33. The summed E-state index contributed by atoms with van der Waals surface area (Å²) in [6.07, 6.45) is 1.63. The Hall–Kier alpha value is -3.57. The molecule has 0 N–H and O–H groups in total. The number of methoxy groups -OCH3 is 1. The molecular weight excluding hydrogens is 404 g/mol. The van der Waals surface area contributed by atoms with E-state index in [0.717, 1.165) is 11.1 Å². The molecule has 0 amide bonds. The molecule has 0 unspecified atom stereocenters. The number of fused-ring (bicyclic) bond motifs is 1. The highest BCUT2D eigenvalue weighted by molar-refractivity contribution is 6.30. The first-order valence-electron chi connectivity index (χ1n) is 9.17. The van der Waals surface area contributed by atoms with E-state index < -0.39 is 5.97 Å². The van der Waals surface area contributed by atoms with Crippen molar-refractivity contribution in [2.45, 2.75) is 6.61 Å². The fourth-order valence-corrected chi connectivity index (χ4v) is 3.25. The summed E-state index contributed by atoms with van der Waals surface area (Å²) in [5, 5.41) is 0.647. The van der Waals surface area contributed by atoms with E-state index in [9.17, 15) is 9.59 Å². The summed E-state index contributed by atoms with van der Waals surface area (Å²) in [6.45, 7) is 0.350. The topological polar surface area (TPSA) is 61.8 Å². The number of halogens is 1. The van der Waals surface area contributed by atoms with Gasteiger partial charge < -0.3 is 14.2 Å². The summed E-state index contributed by atoms with van der Waals surface area (Å²) in [5.41, 5.74) is 2.58. The fraction of sp³-hybridized carbons (Fsp3) is 0.0833. The van der Waals surface area contributed by atoms with Gasteiger partial charge in [0.1, 0.15) is 18.1 Å². The normalized spacial score (nSPS) is 13.7. The lowest BCUT2D eigenvalue weighted by molar-refractivity contribution is 0.0600. The van der Waals surface area contributed by atoms with Crippen LogP contribution >= 0.6 is 11.6 Å². The average Bonchev–Trinajstić information content (AvgIpc) is 3.07. The van der Waals surface area contributed by atoms with E-state index >= 15 is 0 Å². The number of esters is 1. The quantitative estimate of drug-likeness (QED) is 0.413. The average molecular weight is 421 g/mol. The van der Waals surface area contributed by atoms with Gasteiger partial charge in [-0.1, -0.05) is 35.9 Å². The van der Waals surface area contributed by atoms with Gasteiger partial charge in [-0.05, 0) is 53.6 Å². The number of allylic oxidation sites excluding steroid dienone is 1. The van der Waals surface area contributed by atoms with E-state index in [2.05, 4.69) is 4.74 Å². The molecule has 0 aromatic heterocycles. The number of hydrogen-bond acceptors (Lipinski definition) is 5. The maximum absolute atomic E-state index is 12.6. The molecule has 0 radical (unpaired) electrons. The zero-order valence-electron chi connectivity index (χ0n) is 16.1. The number of rotatable bonds is 5. The maximum Gasteiger partial charge on any atom is 0.337 e. The maximum atomic E-state index is 12.6. The zero-order chi connectivity index (χ0) is 21.1. The summed E-state index contributed by atoms with van der Waals surface area (Å²) in [5.74, 6) is 0.623. The fourth-order valence-electron chi connectivity index (χ4n) is 3.04. The van der Waals surface area contributed by atoms with Crippen LogP contribution in [0.3, 0.4) is 0 Å². The third-order valence-corrected chi connectivity index (χ3v) is 4.80. The van der Waals surface area contributed by atoms with Gasteiger partial charge in [0, 0.05) is 11.1 Å². The van der Waals surface area contributed by atoms with Crippen molar-refractivity contribution in [1.29, 1.82) is 0 Å². The number of ether oxygens (including phenoxy) is 3. The molecule has 0 fully saturated rings. The van der Waals surface area contributed by atoms with Crippen LogP contribution in [0.1, 0.15) is 31.8 Å². The van der Waals surface area contributed by atoms with Gasteiger partial charge in [0.15, 0.2) is 5.76 Å². The molecule has 3 aromatic carbocycles. The molecule has 3 aromatic rings. The van der Waals surface area contributed by atoms with Gasteiger partial charge in [-0.3, -0.25) is 4.79 Å². The molecule has 30 heavy (non-hydrogen) atoms. The van der Waals surface area contributed by atoms with Crippen molar-refractivity contribution in [3.8, 4) is 11.5 Å². The molecule has 1 aliphatic heterocycles. The Morgan fingerprint density at radius 1 is 1.07 bits per heavy atom. The third kappa shape index (κ3) is 4.21. The molecule has 0 saturated carbocycles. The molecule has 1 aliphatic rings. The molecule has 0 aliphatic carbocycles. The largest absolute Gasteiger partial charge is 0.489 e. The van der Waals surface area contributed by atoms with Crippen molar-refractivity contribution in [1.82, 2.24) is 0 Å². The number of carbonyl (C=O) groups is 2. The molecule has 1 heterocycles. The van der Waals surface area contributed by atoms with E-state index in [1.807, 2.05) is 18.2 Å². The van der Waals surface area contributed by atoms with Crippen LogP contribution in [0.2, 0.25) is 5.02 Å². The van der Waals surface area contributed by atoms with Crippen LogP contribution in [-0.4, -0.2) is 18.9 Å². The molecule has 6 heteroatoms. The lowest BCUT2D eigenvalue weighted by atomic mass is 10.1. The second-order valence-electron chi connectivity index (χ2n) is 6.63. The van der Waals surface area contributed by atoms with Crippen molar-refractivity contribution in [3.63, 3.8) is 0 Å². The van der Waals surface area contributed by atoms with Gasteiger partial charge in [-0.2, -0.15) is 0 Å². The Morgan fingerprint density at radius 3 is 2.60 bits per heavy atom. The van der Waals surface area contributed by atoms with Crippen LogP contribution in [0.15, 0.2) is 72.5 Å². The second-order valence-corrected chi connectivity index (χ2v) is 7.07. The zero-order valence-corrected chi connectivity index (χ0v) is 16.8. The Labute approximate surface area is 178 Å². The minimum Gasteiger partial charge on any atom is -0.489 e. The van der Waals surface area contributed by atoms with Crippen LogP contribution in [0.5, 0.6) is 11.5 Å². The molecule has 4 rings (SSSR count). The molecule has 0 spiro atoms. The predicted octanol–water partition coefficient (Wildman–Crippen LogP) is 5.32. The molecule has 0 bridgehead atoms. The van der Waals surface area contributed by atoms with Crippen LogP contribution in [0.4, 0.5) is 0 Å². The van der Waals surface area contributed by atoms with Crippen molar-refractivity contribution >= 4 is 29.4 Å². The second kappa shape index (κ2) is 8.43. The highest BCUT2D eigenvalue weighted by Gasteiger charge is 2.27. The molecular formula is C24H17ClO5. The molecule has 0 atom stereocenters. The Morgan fingerprint density at radius 2 is 1.87 bits per heavy atom. The minimum absolute atomic E-state index is 0.205. The minimum atomic E-state index is -0.417. The predicted molar refractivity (Wildman–Crippen MR) is 113 cm³/mol. The van der Waals surface area contributed by atoms with Crippen molar-refractivity contribution in [2.75, 3.05) is 7.11 Å². The van der Waals surface area contributed by atoms with Crippen molar-refractivity contribution in [2.24, 2.45) is 0 Å². The van der Waals surface area contributed by atoms with Crippen LogP contribution in [0, 0.1) is 0 Å². The van der Waals surface area contributed by atoms with Crippen molar-refractivity contribution in [3.05, 3.63) is 99.8 Å². The lowest BCUT2D eigenvalue weighted by Gasteiger charge is -2.07. The van der Waals surface area contributed by atoms with Gasteiger partial charge in [0.2, 0.25) is 5.78 Å². The van der Waals surface area contributed by atoms with E-state index in [1.54, 1.807) is 54.6 Å². The number of hydrogen-bond donors (Lipinski definition) is 0. The third-order valence-electron chi connectivity index (χ3n) is 4.57. The summed E-state index contributed by atoms with van der Waals surface area (Å²) in [6, 6.07) is 19.2. The number of Topliss-reactive ketones (excluding diaryl/α,β-unsaturated/α-hetero) is 1. The lowest BCUT2D eigenvalue weighted by Crippen LogP contribution is -2.01. The van der Waals surface area contributed by atoms with Crippen molar-refractivity contribution < 1.29 is 23.8 Å². The Balaban J connectivity index is 1.48. The summed E-state index contributed by atoms with van der Waals surface area (Å²) in [4.78, 5) is 24.2. The van der Waals surface area contributed by atoms with Gasteiger partial charge in [0.05, 0.1) is 18.2 Å². The van der Waals surface area contributed by atoms with E-state index in [4.69, 9.17) is 21.1 Å². The van der Waals surface area contributed by atoms with Crippen LogP contribution < -0.4 is 9.47 Å². The number of ketones is 1. The van der Waals surface area contributed by atoms with Gasteiger partial charge >= 0.3 is 5.97 Å². The first-order valence-corrected chi connectivity index (χ1v) is 9.55. The first-order chi connectivity index (χ1) is 14.5. The summed E-state index contributed by atoms with van der Waals surface area (Å²) >= 11 is 5.99. The SMILES string of the molecule is COC(=O)c1ccc(C=C2Oc3cc(OCc4cccc(Cl)c4)ccc3C2=O)cc1. The molecule has 5 nitrogen and oxygen atoms in total. The number of carbonyl (C=O) groups excluding carboxylic acids is 2. The highest BCUT2D eigenvalue weighted by atomic mass is 35.5. The smallest absolute Gasteiger partial charge is 0.337 e. The Bertz CT molecular complexity index is 1150.